The highest BCUT2D eigenvalue weighted by molar-refractivity contribution is 7.89. The van der Waals surface area contributed by atoms with Crippen LogP contribution in [-0.2, 0) is 16.4 Å². The molecule has 1 amide bonds. The highest BCUT2D eigenvalue weighted by Crippen LogP contribution is 2.28. The number of hydrogen-bond donors (Lipinski definition) is 0. The molecule has 2 aromatic carbocycles. The van der Waals surface area contributed by atoms with E-state index in [-0.39, 0.29) is 16.8 Å². The van der Waals surface area contributed by atoms with E-state index in [1.807, 2.05) is 32.0 Å². The van der Waals surface area contributed by atoms with E-state index >= 15 is 0 Å². The zero-order valence-electron chi connectivity index (χ0n) is 16.1. The molecule has 0 N–H and O–H groups in total. The Morgan fingerprint density at radius 2 is 1.81 bits per heavy atom. The highest BCUT2D eigenvalue weighted by Gasteiger charge is 2.26. The van der Waals surface area contributed by atoms with Gasteiger partial charge < -0.3 is 4.90 Å². The van der Waals surface area contributed by atoms with E-state index in [0.717, 1.165) is 30.5 Å². The lowest BCUT2D eigenvalue weighted by molar-refractivity contribution is 0.0986. The molecule has 5 nitrogen and oxygen atoms in total. The highest BCUT2D eigenvalue weighted by atomic mass is 32.2. The van der Waals surface area contributed by atoms with E-state index in [4.69, 9.17) is 0 Å². The standard InChI is InChI=1S/C21H26N2O3S/c1-16(2)22(3)27(25,26)19-12-8-11-18(15-19)21(24)23-14-7-6-10-17-9-4-5-13-20(17)23/h4-5,8-9,11-13,15-16H,6-7,10,14H2,1-3H3. The van der Waals surface area contributed by atoms with Crippen LogP contribution in [0.3, 0.4) is 0 Å². The van der Waals surface area contributed by atoms with Crippen LogP contribution in [0.2, 0.25) is 0 Å². The van der Waals surface area contributed by atoms with Gasteiger partial charge in [-0.05, 0) is 62.9 Å². The Kier molecular flexibility index (Phi) is 5.67. The molecule has 1 aliphatic heterocycles. The number of nitrogens with zero attached hydrogens (tertiary/aromatic N) is 2. The fraction of sp³-hybridized carbons (Fsp3) is 0.381. The third-order valence-electron chi connectivity index (χ3n) is 5.09. The molecule has 1 aliphatic rings. The van der Waals surface area contributed by atoms with Crippen molar-refractivity contribution in [2.45, 2.75) is 44.0 Å². The number of carbonyl (C=O) groups is 1. The summed E-state index contributed by atoms with van der Waals surface area (Å²) >= 11 is 0. The Morgan fingerprint density at radius 1 is 1.07 bits per heavy atom. The number of benzene rings is 2. The molecule has 0 fully saturated rings. The Hall–Kier alpha value is -2.18. The molecule has 0 aromatic heterocycles. The second-order valence-corrected chi connectivity index (χ2v) is 9.18. The van der Waals surface area contributed by atoms with Gasteiger partial charge in [-0.1, -0.05) is 24.3 Å². The number of carbonyl (C=O) groups excluding carboxylic acids is 1. The van der Waals surface area contributed by atoms with Gasteiger partial charge in [-0.3, -0.25) is 4.79 Å². The van der Waals surface area contributed by atoms with Gasteiger partial charge in [-0.25, -0.2) is 8.42 Å². The summed E-state index contributed by atoms with van der Waals surface area (Å²) in [6.07, 6.45) is 2.91. The number of aryl methyl sites for hydroxylation is 1. The molecule has 0 saturated heterocycles. The summed E-state index contributed by atoms with van der Waals surface area (Å²) in [6.45, 7) is 4.28. The molecule has 0 bridgehead atoms. The van der Waals surface area contributed by atoms with Gasteiger partial charge in [0.15, 0.2) is 0 Å². The summed E-state index contributed by atoms with van der Waals surface area (Å²) < 4.78 is 26.9. The first kappa shape index (κ1) is 19.6. The summed E-state index contributed by atoms with van der Waals surface area (Å²) in [5.41, 5.74) is 2.48. The van der Waals surface area contributed by atoms with Crippen LogP contribution in [0.25, 0.3) is 0 Å². The minimum atomic E-state index is -3.63. The van der Waals surface area contributed by atoms with Crippen LogP contribution in [0, 0.1) is 0 Å². The summed E-state index contributed by atoms with van der Waals surface area (Å²) in [6, 6.07) is 14.1. The van der Waals surface area contributed by atoms with E-state index < -0.39 is 10.0 Å². The molecule has 144 valence electrons. The average molecular weight is 387 g/mol. The first-order valence-electron chi connectivity index (χ1n) is 9.30. The largest absolute Gasteiger partial charge is 0.308 e. The van der Waals surface area contributed by atoms with Crippen LogP contribution >= 0.6 is 0 Å². The quantitative estimate of drug-likeness (QED) is 0.805. The fourth-order valence-corrected chi connectivity index (χ4v) is 4.71. The van der Waals surface area contributed by atoms with Gasteiger partial charge in [-0.15, -0.1) is 0 Å². The lowest BCUT2D eigenvalue weighted by atomic mass is 10.1. The number of hydrogen-bond acceptors (Lipinski definition) is 3. The van der Waals surface area contributed by atoms with E-state index in [1.165, 1.54) is 10.4 Å². The van der Waals surface area contributed by atoms with E-state index in [9.17, 15) is 13.2 Å². The Bertz CT molecular complexity index is 938. The number of fused-ring (bicyclic) bond motifs is 1. The molecule has 27 heavy (non-hydrogen) atoms. The molecule has 1 heterocycles. The number of amides is 1. The predicted molar refractivity (Wildman–Crippen MR) is 108 cm³/mol. The van der Waals surface area contributed by atoms with Crippen molar-refractivity contribution in [1.29, 1.82) is 0 Å². The van der Waals surface area contributed by atoms with Crippen molar-refractivity contribution in [3.63, 3.8) is 0 Å². The Balaban J connectivity index is 1.97. The lowest BCUT2D eigenvalue weighted by Crippen LogP contribution is -2.34. The van der Waals surface area contributed by atoms with Crippen LogP contribution in [0.15, 0.2) is 53.4 Å². The van der Waals surface area contributed by atoms with Crippen molar-refractivity contribution < 1.29 is 13.2 Å². The molecule has 3 rings (SSSR count). The SMILES string of the molecule is CC(C)N(C)S(=O)(=O)c1cccc(C(=O)N2CCCCc3ccccc32)c1. The molecule has 6 heteroatoms. The minimum Gasteiger partial charge on any atom is -0.308 e. The summed E-state index contributed by atoms with van der Waals surface area (Å²) in [4.78, 5) is 15.1. The van der Waals surface area contributed by atoms with Gasteiger partial charge in [0.05, 0.1) is 4.90 Å². The Labute approximate surface area is 161 Å². The lowest BCUT2D eigenvalue weighted by Gasteiger charge is -2.24. The molecule has 0 unspecified atom stereocenters. The number of rotatable bonds is 4. The van der Waals surface area contributed by atoms with Crippen LogP contribution < -0.4 is 4.90 Å². The van der Waals surface area contributed by atoms with Crippen molar-refractivity contribution in [3.8, 4) is 0 Å². The van der Waals surface area contributed by atoms with Crippen molar-refractivity contribution in [1.82, 2.24) is 4.31 Å². The van der Waals surface area contributed by atoms with Gasteiger partial charge in [-0.2, -0.15) is 4.31 Å². The first-order valence-corrected chi connectivity index (χ1v) is 10.7. The third-order valence-corrected chi connectivity index (χ3v) is 7.12. The molecule has 0 aliphatic carbocycles. The first-order chi connectivity index (χ1) is 12.8. The van der Waals surface area contributed by atoms with Crippen molar-refractivity contribution in [3.05, 3.63) is 59.7 Å². The van der Waals surface area contributed by atoms with Crippen LogP contribution in [0.5, 0.6) is 0 Å². The van der Waals surface area contributed by atoms with Crippen LogP contribution in [0.4, 0.5) is 5.69 Å². The number of sulfonamides is 1. The number of para-hydroxylation sites is 1. The average Bonchev–Trinajstić information content (AvgIpc) is 2.89. The smallest absolute Gasteiger partial charge is 0.258 e. The fourth-order valence-electron chi connectivity index (χ4n) is 3.29. The second-order valence-electron chi connectivity index (χ2n) is 7.19. The van der Waals surface area contributed by atoms with E-state index in [2.05, 4.69) is 6.07 Å². The maximum absolute atomic E-state index is 13.2. The van der Waals surface area contributed by atoms with Crippen molar-refractivity contribution in [2.75, 3.05) is 18.5 Å². The predicted octanol–water partition coefficient (Wildman–Crippen LogP) is 3.70. The van der Waals surface area contributed by atoms with Crippen molar-refractivity contribution in [2.24, 2.45) is 0 Å². The monoisotopic (exact) mass is 386 g/mol. The molecular formula is C21H26N2O3S. The maximum Gasteiger partial charge on any atom is 0.258 e. The summed E-state index contributed by atoms with van der Waals surface area (Å²) in [5, 5.41) is 0. The molecule has 0 radical (unpaired) electrons. The van der Waals surface area contributed by atoms with E-state index in [0.29, 0.717) is 12.1 Å². The van der Waals surface area contributed by atoms with Gasteiger partial charge in [0.1, 0.15) is 0 Å². The van der Waals surface area contributed by atoms with Crippen molar-refractivity contribution >= 4 is 21.6 Å². The van der Waals surface area contributed by atoms with Gasteiger partial charge >= 0.3 is 0 Å². The van der Waals surface area contributed by atoms with Gasteiger partial charge in [0.2, 0.25) is 10.0 Å². The zero-order chi connectivity index (χ0) is 19.6. The second kappa shape index (κ2) is 7.82. The van der Waals surface area contributed by atoms with E-state index in [1.54, 1.807) is 30.1 Å². The molecule has 0 saturated carbocycles. The number of anilines is 1. The molecular weight excluding hydrogens is 360 g/mol. The molecule has 0 spiro atoms. The minimum absolute atomic E-state index is 0.146. The summed E-state index contributed by atoms with van der Waals surface area (Å²) in [7, 11) is -2.08. The Morgan fingerprint density at radius 3 is 2.56 bits per heavy atom. The van der Waals surface area contributed by atoms with Gasteiger partial charge in [0.25, 0.3) is 5.91 Å². The van der Waals surface area contributed by atoms with Crippen LogP contribution in [0.1, 0.15) is 42.6 Å². The molecule has 2 aromatic rings. The topological polar surface area (TPSA) is 57.7 Å². The third kappa shape index (κ3) is 3.92. The zero-order valence-corrected chi connectivity index (χ0v) is 16.9. The normalized spacial score (nSPS) is 14.9. The molecule has 0 atom stereocenters. The van der Waals surface area contributed by atoms with Crippen LogP contribution in [-0.4, -0.2) is 38.3 Å². The van der Waals surface area contributed by atoms with Gasteiger partial charge in [0, 0.05) is 30.9 Å². The maximum atomic E-state index is 13.2. The summed E-state index contributed by atoms with van der Waals surface area (Å²) in [5.74, 6) is -0.159.